The van der Waals surface area contributed by atoms with E-state index in [1.165, 1.54) is 19.2 Å². The van der Waals surface area contributed by atoms with Gasteiger partial charge in [-0.1, -0.05) is 35.9 Å². The maximum atomic E-state index is 11.6. The summed E-state index contributed by atoms with van der Waals surface area (Å²) in [6.07, 6.45) is 0.0560. The number of aromatic carboxylic acids is 1. The molecule has 5 nitrogen and oxygen atoms in total. The summed E-state index contributed by atoms with van der Waals surface area (Å²) in [4.78, 5) is 22.9. The summed E-state index contributed by atoms with van der Waals surface area (Å²) >= 11 is 6.05. The van der Waals surface area contributed by atoms with Crippen LogP contribution in [-0.2, 0) is 11.2 Å². The van der Waals surface area contributed by atoms with E-state index >= 15 is 0 Å². The molecular weight excluding hydrogens is 320 g/mol. The Labute approximate surface area is 138 Å². The lowest BCUT2D eigenvalue weighted by atomic mass is 9.90. The number of carbonyl (C=O) groups is 2. The van der Waals surface area contributed by atoms with E-state index in [0.29, 0.717) is 21.9 Å². The first-order valence-corrected chi connectivity index (χ1v) is 7.19. The fourth-order valence-corrected chi connectivity index (χ4v) is 2.64. The lowest BCUT2D eigenvalue weighted by Gasteiger charge is -2.15. The van der Waals surface area contributed by atoms with Crippen LogP contribution >= 0.6 is 11.6 Å². The molecule has 0 saturated carbocycles. The molecule has 0 fully saturated rings. The minimum absolute atomic E-state index is 0.0560. The lowest BCUT2D eigenvalue weighted by molar-refractivity contribution is -0.138. The SMILES string of the molecule is COc1ccc(C(Cc2ccccc2C(=O)O)C(=O)O)cc1Cl. The molecule has 2 N–H and O–H groups in total. The van der Waals surface area contributed by atoms with Crippen LogP contribution in [0.1, 0.15) is 27.4 Å². The van der Waals surface area contributed by atoms with Gasteiger partial charge < -0.3 is 14.9 Å². The summed E-state index contributed by atoms with van der Waals surface area (Å²) in [6.45, 7) is 0. The number of carboxylic acids is 2. The fraction of sp³-hybridized carbons (Fsp3) is 0.176. The summed E-state index contributed by atoms with van der Waals surface area (Å²) in [5, 5.41) is 19.0. The van der Waals surface area contributed by atoms with E-state index in [1.807, 2.05) is 0 Å². The van der Waals surface area contributed by atoms with Gasteiger partial charge in [-0.2, -0.15) is 0 Å². The summed E-state index contributed by atoms with van der Waals surface area (Å²) in [7, 11) is 1.47. The Kier molecular flexibility index (Phi) is 5.24. The topological polar surface area (TPSA) is 83.8 Å². The highest BCUT2D eigenvalue weighted by Gasteiger charge is 2.23. The summed E-state index contributed by atoms with van der Waals surface area (Å²) in [5.41, 5.74) is 1.04. The van der Waals surface area contributed by atoms with Gasteiger partial charge in [-0.15, -0.1) is 0 Å². The molecular formula is C17H15ClO5. The molecule has 0 saturated heterocycles. The fourth-order valence-electron chi connectivity index (χ4n) is 2.37. The van der Waals surface area contributed by atoms with Crippen molar-refractivity contribution in [2.75, 3.05) is 7.11 Å². The quantitative estimate of drug-likeness (QED) is 0.845. The standard InChI is InChI=1S/C17H15ClO5/c1-23-15-7-6-11(9-14(15)18)13(17(21)22)8-10-4-2-3-5-12(10)16(19)20/h2-7,9,13H,8H2,1H3,(H,19,20)(H,21,22). The van der Waals surface area contributed by atoms with Crippen LogP contribution in [0, 0.1) is 0 Å². The lowest BCUT2D eigenvalue weighted by Crippen LogP contribution is -2.16. The summed E-state index contributed by atoms with van der Waals surface area (Å²) in [5.74, 6) is -2.59. The molecule has 23 heavy (non-hydrogen) atoms. The van der Waals surface area contributed by atoms with Crippen molar-refractivity contribution in [1.29, 1.82) is 0 Å². The molecule has 0 aromatic heterocycles. The number of aliphatic carboxylic acids is 1. The average molecular weight is 335 g/mol. The Balaban J connectivity index is 2.39. The first-order chi connectivity index (χ1) is 10.9. The molecule has 6 heteroatoms. The van der Waals surface area contributed by atoms with Crippen molar-refractivity contribution >= 4 is 23.5 Å². The molecule has 0 bridgehead atoms. The van der Waals surface area contributed by atoms with Gasteiger partial charge >= 0.3 is 11.9 Å². The van der Waals surface area contributed by atoms with Gasteiger partial charge in [-0.3, -0.25) is 4.79 Å². The Bertz CT molecular complexity index is 742. The van der Waals surface area contributed by atoms with E-state index in [0.717, 1.165) is 0 Å². The third kappa shape index (κ3) is 3.81. The third-order valence-electron chi connectivity index (χ3n) is 3.55. The first-order valence-electron chi connectivity index (χ1n) is 6.81. The Hall–Kier alpha value is -2.53. The first kappa shape index (κ1) is 16.8. The number of hydrogen-bond donors (Lipinski definition) is 2. The Morgan fingerprint density at radius 3 is 2.43 bits per heavy atom. The second-order valence-corrected chi connectivity index (χ2v) is 5.36. The van der Waals surface area contributed by atoms with E-state index in [1.54, 1.807) is 30.3 Å². The van der Waals surface area contributed by atoms with Crippen LogP contribution in [-0.4, -0.2) is 29.3 Å². The number of carboxylic acid groups (broad SMARTS) is 2. The predicted molar refractivity (Wildman–Crippen MR) is 85.5 cm³/mol. The summed E-state index contributed by atoms with van der Waals surface area (Å²) < 4.78 is 5.05. The van der Waals surface area contributed by atoms with Gasteiger partial charge in [0.1, 0.15) is 5.75 Å². The van der Waals surface area contributed by atoms with Gasteiger partial charge in [0.2, 0.25) is 0 Å². The number of benzene rings is 2. The highest BCUT2D eigenvalue weighted by Crippen LogP contribution is 2.30. The van der Waals surface area contributed by atoms with Gasteiger partial charge in [0, 0.05) is 0 Å². The molecule has 0 spiro atoms. The van der Waals surface area contributed by atoms with Crippen molar-refractivity contribution in [2.24, 2.45) is 0 Å². The van der Waals surface area contributed by atoms with Crippen molar-refractivity contribution in [1.82, 2.24) is 0 Å². The molecule has 2 aromatic carbocycles. The Morgan fingerprint density at radius 2 is 1.87 bits per heavy atom. The van der Waals surface area contributed by atoms with Crippen LogP contribution in [0.15, 0.2) is 42.5 Å². The maximum absolute atomic E-state index is 11.6. The number of ether oxygens (including phenoxy) is 1. The third-order valence-corrected chi connectivity index (χ3v) is 3.84. The zero-order valence-corrected chi connectivity index (χ0v) is 13.1. The minimum atomic E-state index is -1.09. The molecule has 0 heterocycles. The molecule has 2 aromatic rings. The van der Waals surface area contributed by atoms with Crippen LogP contribution in [0.25, 0.3) is 0 Å². The van der Waals surface area contributed by atoms with Crippen LogP contribution in [0.2, 0.25) is 5.02 Å². The Morgan fingerprint density at radius 1 is 1.17 bits per heavy atom. The molecule has 0 amide bonds. The molecule has 0 aliphatic carbocycles. The number of hydrogen-bond acceptors (Lipinski definition) is 3. The van der Waals surface area contributed by atoms with E-state index in [2.05, 4.69) is 0 Å². The molecule has 0 radical (unpaired) electrons. The van der Waals surface area contributed by atoms with Gasteiger partial charge in [0.25, 0.3) is 0 Å². The van der Waals surface area contributed by atoms with Crippen LogP contribution in [0.4, 0.5) is 0 Å². The molecule has 120 valence electrons. The second kappa shape index (κ2) is 7.15. The number of methoxy groups -OCH3 is 1. The van der Waals surface area contributed by atoms with E-state index in [4.69, 9.17) is 16.3 Å². The van der Waals surface area contributed by atoms with E-state index in [-0.39, 0.29) is 12.0 Å². The highest BCUT2D eigenvalue weighted by atomic mass is 35.5. The van der Waals surface area contributed by atoms with Crippen molar-refractivity contribution in [2.45, 2.75) is 12.3 Å². The normalized spacial score (nSPS) is 11.7. The highest BCUT2D eigenvalue weighted by molar-refractivity contribution is 6.32. The summed E-state index contributed by atoms with van der Waals surface area (Å²) in [6, 6.07) is 11.1. The molecule has 0 aliphatic heterocycles. The molecule has 1 atom stereocenters. The van der Waals surface area contributed by atoms with Crippen molar-refractivity contribution in [3.8, 4) is 5.75 Å². The largest absolute Gasteiger partial charge is 0.495 e. The average Bonchev–Trinajstić information content (AvgIpc) is 2.52. The number of halogens is 1. The maximum Gasteiger partial charge on any atom is 0.335 e. The van der Waals surface area contributed by atoms with Crippen LogP contribution < -0.4 is 4.74 Å². The van der Waals surface area contributed by atoms with Gasteiger partial charge in [0.15, 0.2) is 0 Å². The van der Waals surface area contributed by atoms with Crippen LogP contribution in [0.5, 0.6) is 5.75 Å². The van der Waals surface area contributed by atoms with Gasteiger partial charge in [-0.25, -0.2) is 4.79 Å². The second-order valence-electron chi connectivity index (χ2n) is 4.95. The van der Waals surface area contributed by atoms with Crippen LogP contribution in [0.3, 0.4) is 0 Å². The van der Waals surface area contributed by atoms with Crippen molar-refractivity contribution in [3.05, 3.63) is 64.2 Å². The van der Waals surface area contributed by atoms with Crippen molar-refractivity contribution < 1.29 is 24.5 Å². The van der Waals surface area contributed by atoms with Gasteiger partial charge in [-0.05, 0) is 35.7 Å². The predicted octanol–water partition coefficient (Wildman–Crippen LogP) is 3.46. The van der Waals surface area contributed by atoms with E-state index in [9.17, 15) is 19.8 Å². The minimum Gasteiger partial charge on any atom is -0.495 e. The van der Waals surface area contributed by atoms with E-state index < -0.39 is 17.9 Å². The molecule has 0 aliphatic rings. The van der Waals surface area contributed by atoms with Crippen molar-refractivity contribution in [3.63, 3.8) is 0 Å². The number of rotatable bonds is 6. The zero-order chi connectivity index (χ0) is 17.0. The molecule has 1 unspecified atom stereocenters. The monoisotopic (exact) mass is 334 g/mol. The molecule has 2 rings (SSSR count). The van der Waals surface area contributed by atoms with Gasteiger partial charge in [0.05, 0.1) is 23.6 Å². The zero-order valence-electron chi connectivity index (χ0n) is 12.3. The smallest absolute Gasteiger partial charge is 0.335 e.